The molecule has 1 aliphatic rings. The molecule has 0 aliphatic carbocycles. The quantitative estimate of drug-likeness (QED) is 0.899. The number of amidine groups is 1. The third-order valence-electron chi connectivity index (χ3n) is 2.89. The van der Waals surface area contributed by atoms with Crippen molar-refractivity contribution in [2.45, 2.75) is 39.7 Å². The van der Waals surface area contributed by atoms with E-state index in [2.05, 4.69) is 41.6 Å². The number of aliphatic imine (C=N–C) groups is 1. The number of carbonyl (C=O) groups is 1. The van der Waals surface area contributed by atoms with E-state index in [-0.39, 0.29) is 11.4 Å². The van der Waals surface area contributed by atoms with Crippen LogP contribution in [-0.4, -0.2) is 28.1 Å². The number of benzene rings is 1. The zero-order valence-electron chi connectivity index (χ0n) is 13.4. The summed E-state index contributed by atoms with van der Waals surface area (Å²) in [5.74, 6) is 0.797. The average Bonchev–Trinajstić information content (AvgIpc) is 2.47. The van der Waals surface area contributed by atoms with Gasteiger partial charge < -0.3 is 5.32 Å². The molecule has 0 radical (unpaired) electrons. The van der Waals surface area contributed by atoms with Crippen LogP contribution < -0.4 is 10.7 Å². The first-order valence-corrected chi connectivity index (χ1v) is 8.31. The standard InChI is InChI=1S/C16H22N4OS/c1-5-14(21)17-12-8-6-11(7-9-12)13-10-22-15(20-19-13)18-16(2,3)4/h6-9H,5,10H2,1-4H3,(H,17,21)(H,18,20). The van der Waals surface area contributed by atoms with Crippen molar-refractivity contribution in [3.63, 3.8) is 0 Å². The first-order valence-electron chi connectivity index (χ1n) is 7.33. The lowest BCUT2D eigenvalue weighted by molar-refractivity contribution is -0.115. The van der Waals surface area contributed by atoms with Gasteiger partial charge in [-0.1, -0.05) is 30.8 Å². The summed E-state index contributed by atoms with van der Waals surface area (Å²) < 4.78 is 0. The molecule has 0 atom stereocenters. The largest absolute Gasteiger partial charge is 0.326 e. The Balaban J connectivity index is 2.04. The number of hydrazone groups is 1. The minimum absolute atomic E-state index is 0.0167. The van der Waals surface area contributed by atoms with E-state index in [9.17, 15) is 4.79 Å². The highest BCUT2D eigenvalue weighted by atomic mass is 32.2. The number of carbonyl (C=O) groups excluding carboxylic acids is 1. The second kappa shape index (κ2) is 6.96. The highest BCUT2D eigenvalue weighted by Crippen LogP contribution is 2.18. The lowest BCUT2D eigenvalue weighted by atomic mass is 10.1. The zero-order valence-corrected chi connectivity index (χ0v) is 14.3. The summed E-state index contributed by atoms with van der Waals surface area (Å²) in [4.78, 5) is 15.9. The van der Waals surface area contributed by atoms with Crippen molar-refractivity contribution < 1.29 is 4.79 Å². The summed E-state index contributed by atoms with van der Waals surface area (Å²) >= 11 is 1.65. The molecule has 1 heterocycles. The van der Waals surface area contributed by atoms with Gasteiger partial charge in [0.15, 0.2) is 5.17 Å². The Labute approximate surface area is 135 Å². The summed E-state index contributed by atoms with van der Waals surface area (Å²) in [5, 5.41) is 8.09. The van der Waals surface area contributed by atoms with Gasteiger partial charge >= 0.3 is 0 Å². The van der Waals surface area contributed by atoms with Crippen LogP contribution in [0.4, 0.5) is 5.69 Å². The van der Waals surface area contributed by atoms with Crippen molar-refractivity contribution in [2.24, 2.45) is 10.1 Å². The number of nitrogens with zero attached hydrogens (tertiary/aromatic N) is 2. The van der Waals surface area contributed by atoms with Gasteiger partial charge in [-0.15, -0.1) is 0 Å². The van der Waals surface area contributed by atoms with Crippen molar-refractivity contribution in [1.82, 2.24) is 5.43 Å². The van der Waals surface area contributed by atoms with Crippen molar-refractivity contribution in [3.8, 4) is 0 Å². The SMILES string of the molecule is CCC(=O)Nc1ccc(C2=NNC(=NC(C)(C)C)SC2)cc1. The van der Waals surface area contributed by atoms with E-state index in [0.717, 1.165) is 27.9 Å². The minimum atomic E-state index is -0.110. The molecule has 6 heteroatoms. The van der Waals surface area contributed by atoms with Crippen LogP contribution in [-0.2, 0) is 4.79 Å². The van der Waals surface area contributed by atoms with Gasteiger partial charge in [0.25, 0.3) is 0 Å². The number of amides is 1. The molecule has 22 heavy (non-hydrogen) atoms. The van der Waals surface area contributed by atoms with Crippen molar-refractivity contribution >= 4 is 34.2 Å². The van der Waals surface area contributed by atoms with Gasteiger partial charge in [-0.3, -0.25) is 15.2 Å². The smallest absolute Gasteiger partial charge is 0.224 e. The summed E-state index contributed by atoms with van der Waals surface area (Å²) in [6.07, 6.45) is 0.477. The fourth-order valence-corrected chi connectivity index (χ4v) is 2.77. The molecular weight excluding hydrogens is 296 g/mol. The lowest BCUT2D eigenvalue weighted by Gasteiger charge is -2.19. The summed E-state index contributed by atoms with van der Waals surface area (Å²) in [5.41, 5.74) is 5.73. The van der Waals surface area contributed by atoms with Crippen LogP contribution in [0.2, 0.25) is 0 Å². The Bertz CT molecular complexity index is 600. The second-order valence-corrected chi connectivity index (χ2v) is 6.99. The summed E-state index contributed by atoms with van der Waals surface area (Å²) in [6.45, 7) is 8.01. The molecule has 1 aromatic rings. The van der Waals surface area contributed by atoms with E-state index >= 15 is 0 Å². The van der Waals surface area contributed by atoms with Gasteiger partial charge in [-0.2, -0.15) is 5.10 Å². The molecule has 1 aliphatic heterocycles. The predicted molar refractivity (Wildman–Crippen MR) is 94.7 cm³/mol. The fraction of sp³-hybridized carbons (Fsp3) is 0.438. The molecule has 5 nitrogen and oxygen atoms in total. The molecule has 0 unspecified atom stereocenters. The lowest BCUT2D eigenvalue weighted by Crippen LogP contribution is -2.28. The Morgan fingerprint density at radius 2 is 2.05 bits per heavy atom. The van der Waals surface area contributed by atoms with E-state index in [1.807, 2.05) is 31.2 Å². The fourth-order valence-electron chi connectivity index (χ4n) is 1.82. The van der Waals surface area contributed by atoms with Crippen molar-refractivity contribution in [1.29, 1.82) is 0 Å². The molecule has 2 rings (SSSR count). The molecule has 0 bridgehead atoms. The van der Waals surface area contributed by atoms with Gasteiger partial charge in [0.1, 0.15) is 0 Å². The van der Waals surface area contributed by atoms with Crippen LogP contribution in [0.25, 0.3) is 0 Å². The summed E-state index contributed by atoms with van der Waals surface area (Å²) in [6, 6.07) is 7.74. The van der Waals surface area contributed by atoms with E-state index in [1.165, 1.54) is 0 Å². The molecule has 1 aromatic carbocycles. The van der Waals surface area contributed by atoms with Crippen molar-refractivity contribution in [2.75, 3.05) is 11.1 Å². The molecule has 1 amide bonds. The van der Waals surface area contributed by atoms with E-state index in [4.69, 9.17) is 0 Å². The van der Waals surface area contributed by atoms with Crippen LogP contribution in [0.1, 0.15) is 39.7 Å². The van der Waals surface area contributed by atoms with E-state index in [0.29, 0.717) is 6.42 Å². The van der Waals surface area contributed by atoms with Crippen LogP contribution >= 0.6 is 11.8 Å². The van der Waals surface area contributed by atoms with E-state index < -0.39 is 0 Å². The monoisotopic (exact) mass is 318 g/mol. The molecular formula is C16H22N4OS. The Morgan fingerprint density at radius 1 is 1.36 bits per heavy atom. The predicted octanol–water partition coefficient (Wildman–Crippen LogP) is 3.23. The van der Waals surface area contributed by atoms with Gasteiger partial charge in [-0.25, -0.2) is 0 Å². The molecule has 0 spiro atoms. The number of hydrogen-bond acceptors (Lipinski definition) is 4. The van der Waals surface area contributed by atoms with Crippen LogP contribution in [0.15, 0.2) is 34.4 Å². The molecule has 118 valence electrons. The summed E-state index contributed by atoms with van der Waals surface area (Å²) in [7, 11) is 0. The molecule has 0 aromatic heterocycles. The van der Waals surface area contributed by atoms with Crippen LogP contribution in [0.3, 0.4) is 0 Å². The number of thioether (sulfide) groups is 1. The van der Waals surface area contributed by atoms with Crippen molar-refractivity contribution in [3.05, 3.63) is 29.8 Å². The van der Waals surface area contributed by atoms with Crippen LogP contribution in [0, 0.1) is 0 Å². The highest BCUT2D eigenvalue weighted by molar-refractivity contribution is 8.14. The van der Waals surface area contributed by atoms with E-state index in [1.54, 1.807) is 11.8 Å². The average molecular weight is 318 g/mol. The third kappa shape index (κ3) is 4.87. The normalized spacial score (nSPS) is 16.9. The number of rotatable bonds is 3. The maximum atomic E-state index is 11.4. The van der Waals surface area contributed by atoms with Gasteiger partial charge in [0, 0.05) is 17.9 Å². The zero-order chi connectivity index (χ0) is 16.2. The molecule has 0 saturated heterocycles. The van der Waals surface area contributed by atoms with Gasteiger partial charge in [0.2, 0.25) is 5.91 Å². The van der Waals surface area contributed by atoms with Crippen LogP contribution in [0.5, 0.6) is 0 Å². The Kier molecular flexibility index (Phi) is 5.24. The first kappa shape index (κ1) is 16.5. The highest BCUT2D eigenvalue weighted by Gasteiger charge is 2.16. The maximum absolute atomic E-state index is 11.4. The number of anilines is 1. The van der Waals surface area contributed by atoms with Gasteiger partial charge in [0.05, 0.1) is 11.3 Å². The number of hydrogen-bond donors (Lipinski definition) is 2. The Hall–Kier alpha value is -1.82. The third-order valence-corrected chi connectivity index (χ3v) is 3.77. The topological polar surface area (TPSA) is 65.8 Å². The first-order chi connectivity index (χ1) is 10.4. The molecule has 2 N–H and O–H groups in total. The van der Waals surface area contributed by atoms with Gasteiger partial charge in [-0.05, 0) is 38.5 Å². The minimum Gasteiger partial charge on any atom is -0.326 e. The Morgan fingerprint density at radius 3 is 2.55 bits per heavy atom. The maximum Gasteiger partial charge on any atom is 0.224 e. The molecule has 0 fully saturated rings. The molecule has 0 saturated carbocycles. The second-order valence-electron chi connectivity index (χ2n) is 6.03. The number of nitrogens with one attached hydrogen (secondary N) is 2.